The summed E-state index contributed by atoms with van der Waals surface area (Å²) in [6.07, 6.45) is 3.25. The van der Waals surface area contributed by atoms with Crippen molar-refractivity contribution in [2.24, 2.45) is 0 Å². The molecule has 12 heteroatoms. The van der Waals surface area contributed by atoms with Crippen LogP contribution in [0.4, 0.5) is 15.0 Å². The lowest BCUT2D eigenvalue weighted by atomic mass is 10.0. The van der Waals surface area contributed by atoms with Gasteiger partial charge >= 0.3 is 11.8 Å². The van der Waals surface area contributed by atoms with Gasteiger partial charge in [0.05, 0.1) is 23.4 Å². The Morgan fingerprint density at radius 1 is 1.31 bits per heavy atom. The SMILES string of the molecule is CCCCOC(=O)N1CCN(c2nc(=O)n(-c3c(CCO)ccnc3C(C)C)c3nc(Cl)c(F)cc23)C(C)C1. The van der Waals surface area contributed by atoms with E-state index in [4.69, 9.17) is 16.3 Å². The van der Waals surface area contributed by atoms with Gasteiger partial charge < -0.3 is 19.6 Å². The number of pyridine rings is 2. The first kappa shape index (κ1) is 28.7. The Morgan fingerprint density at radius 2 is 2.08 bits per heavy atom. The minimum Gasteiger partial charge on any atom is -0.449 e. The van der Waals surface area contributed by atoms with Crippen molar-refractivity contribution in [2.75, 3.05) is 37.7 Å². The Kier molecular flexibility index (Phi) is 9.01. The number of aliphatic hydroxyl groups is 1. The van der Waals surface area contributed by atoms with Crippen molar-refractivity contribution in [2.45, 2.75) is 58.9 Å². The molecular weight excluding hydrogens is 527 g/mol. The van der Waals surface area contributed by atoms with Gasteiger partial charge in [-0.1, -0.05) is 38.8 Å². The molecule has 39 heavy (non-hydrogen) atoms. The summed E-state index contributed by atoms with van der Waals surface area (Å²) in [6, 6.07) is 2.73. The van der Waals surface area contributed by atoms with E-state index in [0.29, 0.717) is 48.6 Å². The molecule has 0 aromatic carbocycles. The number of halogens is 2. The van der Waals surface area contributed by atoms with Crippen LogP contribution in [-0.2, 0) is 11.2 Å². The number of unbranched alkanes of at least 4 members (excludes halogenated alkanes) is 1. The molecule has 1 atom stereocenters. The highest BCUT2D eigenvalue weighted by molar-refractivity contribution is 6.30. The molecule has 4 rings (SSSR count). The zero-order valence-electron chi connectivity index (χ0n) is 22.7. The molecule has 10 nitrogen and oxygen atoms in total. The standard InChI is InChI=1S/C27H34ClFN6O4/c1-5-6-13-39-27(38)33-10-11-34(17(4)15-33)24-19-14-20(29)23(28)31-25(19)35(26(37)32-24)22-18(8-12-36)7-9-30-21(22)16(2)3/h7,9,14,16-17,36H,5-6,8,10-13,15H2,1-4H3. The summed E-state index contributed by atoms with van der Waals surface area (Å²) in [5.41, 5.74) is 1.26. The maximum atomic E-state index is 14.8. The van der Waals surface area contributed by atoms with Crippen LogP contribution in [0.25, 0.3) is 16.7 Å². The molecular formula is C27H34ClFN6O4. The molecule has 0 bridgehead atoms. The summed E-state index contributed by atoms with van der Waals surface area (Å²) in [7, 11) is 0. The van der Waals surface area contributed by atoms with E-state index in [1.54, 1.807) is 17.2 Å². The Bertz CT molecular complexity index is 1420. The van der Waals surface area contributed by atoms with Gasteiger partial charge in [-0.15, -0.1) is 0 Å². The first-order valence-corrected chi connectivity index (χ1v) is 13.6. The summed E-state index contributed by atoms with van der Waals surface area (Å²) in [5.74, 6) is -0.546. The van der Waals surface area contributed by atoms with Crippen molar-refractivity contribution in [1.82, 2.24) is 24.4 Å². The van der Waals surface area contributed by atoms with Crippen LogP contribution in [0.1, 0.15) is 57.7 Å². The molecule has 1 amide bonds. The molecule has 3 aromatic heterocycles. The Balaban J connectivity index is 1.83. The molecule has 1 aliphatic rings. The first-order chi connectivity index (χ1) is 18.7. The summed E-state index contributed by atoms with van der Waals surface area (Å²) in [6.45, 7) is 9.10. The highest BCUT2D eigenvalue weighted by Crippen LogP contribution is 2.32. The molecule has 210 valence electrons. The van der Waals surface area contributed by atoms with Crippen molar-refractivity contribution < 1.29 is 19.0 Å². The maximum Gasteiger partial charge on any atom is 0.409 e. The molecule has 4 heterocycles. The number of fused-ring (bicyclic) bond motifs is 1. The van der Waals surface area contributed by atoms with Crippen LogP contribution in [0.3, 0.4) is 0 Å². The van der Waals surface area contributed by atoms with Crippen molar-refractivity contribution in [3.63, 3.8) is 0 Å². The van der Waals surface area contributed by atoms with E-state index < -0.39 is 11.5 Å². The van der Waals surface area contributed by atoms with Crippen LogP contribution in [-0.4, -0.2) is 74.5 Å². The first-order valence-electron chi connectivity index (χ1n) is 13.2. The van der Waals surface area contributed by atoms with Gasteiger partial charge in [-0.3, -0.25) is 4.98 Å². The van der Waals surface area contributed by atoms with Crippen LogP contribution in [0, 0.1) is 5.82 Å². The molecule has 0 saturated carbocycles. The average Bonchev–Trinajstić information content (AvgIpc) is 2.90. The maximum absolute atomic E-state index is 14.8. The summed E-state index contributed by atoms with van der Waals surface area (Å²) >= 11 is 6.13. The predicted molar refractivity (Wildman–Crippen MR) is 147 cm³/mol. The number of carbonyl (C=O) groups is 1. The van der Waals surface area contributed by atoms with Crippen LogP contribution >= 0.6 is 11.6 Å². The lowest BCUT2D eigenvalue weighted by Gasteiger charge is -2.40. The minimum absolute atomic E-state index is 0.0682. The van der Waals surface area contributed by atoms with Crippen LogP contribution in [0.5, 0.6) is 0 Å². The fourth-order valence-corrected chi connectivity index (χ4v) is 4.99. The highest BCUT2D eigenvalue weighted by atomic mass is 35.5. The molecule has 1 fully saturated rings. The second-order valence-electron chi connectivity index (χ2n) is 9.97. The van der Waals surface area contributed by atoms with E-state index in [1.165, 1.54) is 10.6 Å². The van der Waals surface area contributed by atoms with E-state index in [-0.39, 0.29) is 47.7 Å². The second kappa shape index (κ2) is 12.3. The topological polar surface area (TPSA) is 114 Å². The third kappa shape index (κ3) is 5.84. The van der Waals surface area contributed by atoms with Gasteiger partial charge in [0.15, 0.2) is 16.6 Å². The van der Waals surface area contributed by atoms with Gasteiger partial charge in [-0.05, 0) is 43.4 Å². The number of anilines is 1. The molecule has 1 aliphatic heterocycles. The van der Waals surface area contributed by atoms with Gasteiger partial charge in [0, 0.05) is 38.5 Å². The average molecular weight is 561 g/mol. The van der Waals surface area contributed by atoms with E-state index in [1.807, 2.05) is 32.6 Å². The molecule has 1 saturated heterocycles. The summed E-state index contributed by atoms with van der Waals surface area (Å²) in [4.78, 5) is 42.9. The van der Waals surface area contributed by atoms with Gasteiger partial charge in [0.1, 0.15) is 5.82 Å². The zero-order valence-corrected chi connectivity index (χ0v) is 23.4. The molecule has 1 unspecified atom stereocenters. The smallest absolute Gasteiger partial charge is 0.409 e. The summed E-state index contributed by atoms with van der Waals surface area (Å²) < 4.78 is 21.5. The number of aromatic nitrogens is 4. The number of amides is 1. The van der Waals surface area contributed by atoms with Crippen molar-refractivity contribution in [3.05, 3.63) is 51.0 Å². The Labute approximate surface area is 231 Å². The van der Waals surface area contributed by atoms with Gasteiger partial charge in [0.25, 0.3) is 0 Å². The van der Waals surface area contributed by atoms with E-state index in [9.17, 15) is 19.1 Å². The van der Waals surface area contributed by atoms with Gasteiger partial charge in [0.2, 0.25) is 0 Å². The molecule has 1 N–H and O–H groups in total. The lowest BCUT2D eigenvalue weighted by Crippen LogP contribution is -2.54. The van der Waals surface area contributed by atoms with Crippen LogP contribution in [0.15, 0.2) is 23.1 Å². The van der Waals surface area contributed by atoms with Crippen molar-refractivity contribution in [3.8, 4) is 5.69 Å². The number of hydrogen-bond donors (Lipinski definition) is 1. The summed E-state index contributed by atoms with van der Waals surface area (Å²) in [5, 5.41) is 9.62. The second-order valence-corrected chi connectivity index (χ2v) is 10.3. The number of carbonyl (C=O) groups excluding carboxylic acids is 1. The molecule has 0 radical (unpaired) electrons. The quantitative estimate of drug-likeness (QED) is 0.324. The van der Waals surface area contributed by atoms with Crippen LogP contribution < -0.4 is 10.6 Å². The zero-order chi connectivity index (χ0) is 28.3. The number of nitrogens with zero attached hydrogens (tertiary/aromatic N) is 6. The van der Waals surface area contributed by atoms with Crippen molar-refractivity contribution in [1.29, 1.82) is 0 Å². The van der Waals surface area contributed by atoms with Crippen molar-refractivity contribution >= 4 is 34.5 Å². The Morgan fingerprint density at radius 3 is 2.74 bits per heavy atom. The molecule has 3 aromatic rings. The molecule has 0 spiro atoms. The number of piperazine rings is 1. The fourth-order valence-electron chi connectivity index (χ4n) is 4.85. The number of ether oxygens (including phenoxy) is 1. The van der Waals surface area contributed by atoms with E-state index in [0.717, 1.165) is 12.8 Å². The monoisotopic (exact) mass is 560 g/mol. The van der Waals surface area contributed by atoms with E-state index in [2.05, 4.69) is 15.0 Å². The number of rotatable bonds is 8. The molecule has 0 aliphatic carbocycles. The predicted octanol–water partition coefficient (Wildman–Crippen LogP) is 4.07. The lowest BCUT2D eigenvalue weighted by molar-refractivity contribution is 0.0944. The normalized spacial score (nSPS) is 15.8. The van der Waals surface area contributed by atoms with E-state index >= 15 is 0 Å². The number of hydrogen-bond acceptors (Lipinski definition) is 8. The van der Waals surface area contributed by atoms with Crippen LogP contribution in [0.2, 0.25) is 5.15 Å². The third-order valence-corrected chi connectivity index (χ3v) is 7.09. The fraction of sp³-hybridized carbons (Fsp3) is 0.519. The minimum atomic E-state index is -0.742. The number of aliphatic hydroxyl groups excluding tert-OH is 1. The largest absolute Gasteiger partial charge is 0.449 e. The Hall–Kier alpha value is -3.31. The van der Waals surface area contributed by atoms with Gasteiger partial charge in [-0.2, -0.15) is 4.98 Å². The highest BCUT2D eigenvalue weighted by Gasteiger charge is 2.31. The van der Waals surface area contributed by atoms with Gasteiger partial charge in [-0.25, -0.2) is 23.5 Å². The third-order valence-electron chi connectivity index (χ3n) is 6.83.